The highest BCUT2D eigenvalue weighted by Crippen LogP contribution is 2.28. The molecule has 1 aliphatic rings. The third-order valence-electron chi connectivity index (χ3n) is 4.33. The topological polar surface area (TPSA) is 82.6 Å². The van der Waals surface area contributed by atoms with Gasteiger partial charge in [0.25, 0.3) is 0 Å². The van der Waals surface area contributed by atoms with E-state index in [-0.39, 0.29) is 4.90 Å². The number of aliphatic imine (C=N–C) groups is 1. The van der Waals surface area contributed by atoms with Crippen LogP contribution in [0.25, 0.3) is 0 Å². The van der Waals surface area contributed by atoms with Crippen LogP contribution < -0.4 is 15.4 Å². The lowest BCUT2D eigenvalue weighted by atomic mass is 10.2. The predicted octanol–water partition coefficient (Wildman–Crippen LogP) is 1.93. The van der Waals surface area contributed by atoms with Crippen molar-refractivity contribution in [1.29, 1.82) is 0 Å². The van der Waals surface area contributed by atoms with E-state index in [1.807, 2.05) is 18.7 Å². The molecule has 1 saturated carbocycles. The molecule has 2 rings (SSSR count). The van der Waals surface area contributed by atoms with Gasteiger partial charge in [-0.15, -0.1) is 0 Å². The SMILES string of the molecule is CCNC(=NCc1ccc(S(=O)(=O)NC)cc1)NC1CCC(SC)C1. The van der Waals surface area contributed by atoms with E-state index in [9.17, 15) is 8.42 Å². The highest BCUT2D eigenvalue weighted by Gasteiger charge is 2.24. The Morgan fingerprint density at radius 1 is 1.28 bits per heavy atom. The van der Waals surface area contributed by atoms with E-state index < -0.39 is 10.0 Å². The molecule has 1 aromatic carbocycles. The van der Waals surface area contributed by atoms with Gasteiger partial charge >= 0.3 is 0 Å². The zero-order chi connectivity index (χ0) is 18.3. The van der Waals surface area contributed by atoms with E-state index in [0.29, 0.717) is 12.6 Å². The predicted molar refractivity (Wildman–Crippen MR) is 106 cm³/mol. The fraction of sp³-hybridized carbons (Fsp3) is 0.588. The van der Waals surface area contributed by atoms with Crippen LogP contribution in [0.15, 0.2) is 34.2 Å². The van der Waals surface area contributed by atoms with Crippen molar-refractivity contribution in [1.82, 2.24) is 15.4 Å². The first-order valence-corrected chi connectivity index (χ1v) is 11.4. The van der Waals surface area contributed by atoms with E-state index in [1.54, 1.807) is 24.3 Å². The first kappa shape index (κ1) is 20.1. The molecule has 1 aliphatic carbocycles. The van der Waals surface area contributed by atoms with Crippen molar-refractivity contribution < 1.29 is 8.42 Å². The zero-order valence-corrected chi connectivity index (χ0v) is 16.7. The molecule has 0 aliphatic heterocycles. The van der Waals surface area contributed by atoms with E-state index in [0.717, 1.165) is 23.3 Å². The highest BCUT2D eigenvalue weighted by molar-refractivity contribution is 7.99. The maximum Gasteiger partial charge on any atom is 0.240 e. The monoisotopic (exact) mass is 384 g/mol. The number of nitrogens with one attached hydrogen (secondary N) is 3. The maximum absolute atomic E-state index is 11.7. The first-order chi connectivity index (χ1) is 12.0. The Bertz CT molecular complexity index is 674. The van der Waals surface area contributed by atoms with Crippen LogP contribution >= 0.6 is 11.8 Å². The number of hydrogen-bond donors (Lipinski definition) is 3. The van der Waals surface area contributed by atoms with Crippen molar-refractivity contribution in [3.05, 3.63) is 29.8 Å². The van der Waals surface area contributed by atoms with Gasteiger partial charge in [0.1, 0.15) is 0 Å². The average Bonchev–Trinajstić information content (AvgIpc) is 3.08. The molecule has 8 heteroatoms. The summed E-state index contributed by atoms with van der Waals surface area (Å²) in [5, 5.41) is 7.54. The van der Waals surface area contributed by atoms with Gasteiger partial charge in [-0.3, -0.25) is 0 Å². The molecule has 1 fully saturated rings. The van der Waals surface area contributed by atoms with Crippen molar-refractivity contribution in [2.24, 2.45) is 4.99 Å². The van der Waals surface area contributed by atoms with Gasteiger partial charge in [-0.2, -0.15) is 11.8 Å². The lowest BCUT2D eigenvalue weighted by molar-refractivity contribution is 0.588. The summed E-state index contributed by atoms with van der Waals surface area (Å²) in [7, 11) is -1.98. The molecular weight excluding hydrogens is 356 g/mol. The summed E-state index contributed by atoms with van der Waals surface area (Å²) in [6.07, 6.45) is 5.76. The summed E-state index contributed by atoms with van der Waals surface area (Å²) >= 11 is 1.94. The fourth-order valence-electron chi connectivity index (χ4n) is 2.86. The molecule has 0 heterocycles. The summed E-state index contributed by atoms with van der Waals surface area (Å²) in [4.78, 5) is 4.90. The second-order valence-corrected chi connectivity index (χ2v) is 9.08. The standard InChI is InChI=1S/C17H28N4O2S2/c1-4-19-17(21-14-7-8-15(11-14)24-3)20-12-13-5-9-16(10-6-13)25(22,23)18-2/h5-6,9-10,14-15,18H,4,7-8,11-12H2,1-3H3,(H2,19,20,21). The van der Waals surface area contributed by atoms with Crippen molar-refractivity contribution in [2.45, 2.75) is 48.9 Å². The summed E-state index contributed by atoms with van der Waals surface area (Å²) in [6.45, 7) is 3.37. The Morgan fingerprint density at radius 2 is 2.00 bits per heavy atom. The Balaban J connectivity index is 1.98. The smallest absolute Gasteiger partial charge is 0.240 e. The van der Waals surface area contributed by atoms with Gasteiger partial charge in [-0.25, -0.2) is 18.1 Å². The number of sulfonamides is 1. The van der Waals surface area contributed by atoms with E-state index in [1.165, 1.54) is 26.3 Å². The maximum atomic E-state index is 11.7. The Kier molecular flexibility index (Phi) is 7.58. The molecule has 0 saturated heterocycles. The second-order valence-electron chi connectivity index (χ2n) is 6.06. The van der Waals surface area contributed by atoms with Crippen LogP contribution in [0.1, 0.15) is 31.7 Å². The minimum Gasteiger partial charge on any atom is -0.357 e. The number of nitrogens with zero attached hydrogens (tertiary/aromatic N) is 1. The molecule has 25 heavy (non-hydrogen) atoms. The molecule has 0 spiro atoms. The lowest BCUT2D eigenvalue weighted by Gasteiger charge is -2.17. The third kappa shape index (κ3) is 5.90. The summed E-state index contributed by atoms with van der Waals surface area (Å²) in [5.41, 5.74) is 0.973. The highest BCUT2D eigenvalue weighted by atomic mass is 32.2. The van der Waals surface area contributed by atoms with Crippen LogP contribution in [0, 0.1) is 0 Å². The molecule has 0 bridgehead atoms. The van der Waals surface area contributed by atoms with E-state index >= 15 is 0 Å². The van der Waals surface area contributed by atoms with E-state index in [4.69, 9.17) is 0 Å². The molecule has 2 atom stereocenters. The summed E-state index contributed by atoms with van der Waals surface area (Å²) in [6, 6.07) is 7.29. The minimum absolute atomic E-state index is 0.266. The normalized spacial score (nSPS) is 21.3. The zero-order valence-electron chi connectivity index (χ0n) is 15.1. The van der Waals surface area contributed by atoms with E-state index in [2.05, 4.69) is 26.6 Å². The van der Waals surface area contributed by atoms with Gasteiger partial charge in [0, 0.05) is 17.8 Å². The van der Waals surface area contributed by atoms with Gasteiger partial charge in [0.2, 0.25) is 10.0 Å². The quantitative estimate of drug-likeness (QED) is 0.494. The molecule has 140 valence electrons. The first-order valence-electron chi connectivity index (χ1n) is 8.58. The molecular formula is C17H28N4O2S2. The molecule has 0 aromatic heterocycles. The molecule has 3 N–H and O–H groups in total. The minimum atomic E-state index is -3.39. The van der Waals surface area contributed by atoms with Crippen molar-refractivity contribution in [2.75, 3.05) is 19.8 Å². The van der Waals surface area contributed by atoms with Gasteiger partial charge in [-0.1, -0.05) is 12.1 Å². The van der Waals surface area contributed by atoms with Crippen LogP contribution in [0.5, 0.6) is 0 Å². The van der Waals surface area contributed by atoms with Crippen LogP contribution in [0.2, 0.25) is 0 Å². The van der Waals surface area contributed by atoms with Crippen molar-refractivity contribution >= 4 is 27.7 Å². The second kappa shape index (κ2) is 9.45. The average molecular weight is 385 g/mol. The molecule has 0 amide bonds. The number of benzene rings is 1. The molecule has 2 unspecified atom stereocenters. The molecule has 1 aromatic rings. The number of hydrogen-bond acceptors (Lipinski definition) is 4. The van der Waals surface area contributed by atoms with Crippen LogP contribution in [-0.4, -0.2) is 45.5 Å². The Morgan fingerprint density at radius 3 is 2.56 bits per heavy atom. The lowest BCUT2D eigenvalue weighted by Crippen LogP contribution is -2.42. The molecule has 6 nitrogen and oxygen atoms in total. The van der Waals surface area contributed by atoms with Crippen LogP contribution in [-0.2, 0) is 16.6 Å². The third-order valence-corrected chi connectivity index (χ3v) is 6.85. The summed E-state index contributed by atoms with van der Waals surface area (Å²) < 4.78 is 25.8. The van der Waals surface area contributed by atoms with Crippen molar-refractivity contribution in [3.8, 4) is 0 Å². The Labute approximate surface area is 155 Å². The largest absolute Gasteiger partial charge is 0.357 e. The number of rotatable bonds is 7. The number of guanidine groups is 1. The molecule has 0 radical (unpaired) electrons. The van der Waals surface area contributed by atoms with Gasteiger partial charge in [0.05, 0.1) is 11.4 Å². The van der Waals surface area contributed by atoms with Crippen LogP contribution in [0.3, 0.4) is 0 Å². The van der Waals surface area contributed by atoms with Gasteiger partial charge < -0.3 is 10.6 Å². The number of thioether (sulfide) groups is 1. The fourth-order valence-corrected chi connectivity index (χ4v) is 4.39. The van der Waals surface area contributed by atoms with Crippen LogP contribution in [0.4, 0.5) is 0 Å². The van der Waals surface area contributed by atoms with Gasteiger partial charge in [-0.05, 0) is 57.2 Å². The van der Waals surface area contributed by atoms with Gasteiger partial charge in [0.15, 0.2) is 5.96 Å². The van der Waals surface area contributed by atoms with Crippen molar-refractivity contribution in [3.63, 3.8) is 0 Å². The summed E-state index contributed by atoms with van der Waals surface area (Å²) in [5.74, 6) is 0.821. The Hall–Kier alpha value is -1.25.